The maximum atomic E-state index is 2.47. The van der Waals surface area contributed by atoms with Crippen molar-refractivity contribution in [3.05, 3.63) is 200 Å². The van der Waals surface area contributed by atoms with Crippen molar-refractivity contribution in [2.75, 3.05) is 0 Å². The molecule has 0 aliphatic heterocycles. The Morgan fingerprint density at radius 2 is 0.673 bits per heavy atom. The van der Waals surface area contributed by atoms with Gasteiger partial charge >= 0.3 is 0 Å². The summed E-state index contributed by atoms with van der Waals surface area (Å²) >= 11 is 0. The van der Waals surface area contributed by atoms with Gasteiger partial charge in [-0.05, 0) is 78.7 Å². The Bertz CT molecular complexity index is 2810. The summed E-state index contributed by atoms with van der Waals surface area (Å²) in [7, 11) is 0. The molecule has 0 spiro atoms. The number of nitrogens with zero attached hydrogens (tertiary/aromatic N) is 1. The monoisotopic (exact) mass is 664 g/mol. The van der Waals surface area contributed by atoms with Crippen molar-refractivity contribution in [1.82, 2.24) is 10.7 Å². The van der Waals surface area contributed by atoms with Gasteiger partial charge in [0.1, 0.15) is 0 Å². The lowest BCUT2D eigenvalue weighted by Crippen LogP contribution is -1.97. The number of fused-ring (bicyclic) bond motifs is 5. The van der Waals surface area contributed by atoms with Crippen molar-refractivity contribution in [2.45, 2.75) is 0 Å². The molecule has 0 fully saturated rings. The minimum absolute atomic E-state index is 0. The van der Waals surface area contributed by atoms with E-state index in [9.17, 15) is 0 Å². The van der Waals surface area contributed by atoms with Crippen molar-refractivity contribution in [1.29, 1.82) is 0 Å². The molecule has 10 aromatic rings. The first kappa shape index (κ1) is 31.3. The fourth-order valence-corrected chi connectivity index (χ4v) is 8.21. The van der Waals surface area contributed by atoms with E-state index < -0.39 is 0 Å². The van der Waals surface area contributed by atoms with Gasteiger partial charge in [-0.2, -0.15) is 0 Å². The third kappa shape index (κ3) is 4.92. The molecular formula is C50H36N2. The van der Waals surface area contributed by atoms with Crippen LogP contribution in [-0.4, -0.2) is 4.57 Å². The highest BCUT2D eigenvalue weighted by atomic mass is 15.0. The molecule has 1 aromatic heterocycles. The van der Waals surface area contributed by atoms with E-state index in [0.717, 1.165) is 5.69 Å². The maximum absolute atomic E-state index is 2.47. The molecule has 0 aliphatic carbocycles. The molecule has 0 aliphatic rings. The van der Waals surface area contributed by atoms with Crippen molar-refractivity contribution >= 4 is 43.4 Å². The smallest absolute Gasteiger partial charge is 0.0625 e. The zero-order valence-electron chi connectivity index (χ0n) is 28.7. The Hall–Kier alpha value is -6.74. The second kappa shape index (κ2) is 12.9. The first-order valence-electron chi connectivity index (χ1n) is 17.6. The number of hydrogen-bond donors (Lipinski definition) is 1. The van der Waals surface area contributed by atoms with Crippen LogP contribution in [0.5, 0.6) is 0 Å². The van der Waals surface area contributed by atoms with Crippen molar-refractivity contribution in [2.24, 2.45) is 0 Å². The average Bonchev–Trinajstić information content (AvgIpc) is 3.55. The topological polar surface area (TPSA) is 39.9 Å². The molecule has 246 valence electrons. The van der Waals surface area contributed by atoms with Crippen LogP contribution in [0.1, 0.15) is 0 Å². The molecular weight excluding hydrogens is 629 g/mol. The highest BCUT2D eigenvalue weighted by Crippen LogP contribution is 2.46. The summed E-state index contributed by atoms with van der Waals surface area (Å²) in [6.07, 6.45) is 0. The molecule has 0 amide bonds. The summed E-state index contributed by atoms with van der Waals surface area (Å²) in [5.74, 6) is 0. The van der Waals surface area contributed by atoms with Crippen LogP contribution >= 0.6 is 0 Å². The van der Waals surface area contributed by atoms with Gasteiger partial charge in [0.15, 0.2) is 0 Å². The Labute approximate surface area is 303 Å². The molecule has 0 unspecified atom stereocenters. The van der Waals surface area contributed by atoms with E-state index in [1.807, 2.05) is 0 Å². The van der Waals surface area contributed by atoms with Crippen LogP contribution in [0, 0.1) is 0 Å². The van der Waals surface area contributed by atoms with Gasteiger partial charge in [-0.1, -0.05) is 182 Å². The Morgan fingerprint density at radius 1 is 0.269 bits per heavy atom. The van der Waals surface area contributed by atoms with Crippen LogP contribution in [-0.2, 0) is 0 Å². The predicted octanol–water partition coefficient (Wildman–Crippen LogP) is 13.9. The second-order valence-electron chi connectivity index (χ2n) is 13.2. The highest BCUT2D eigenvalue weighted by Gasteiger charge is 2.21. The molecule has 2 nitrogen and oxygen atoms in total. The second-order valence-corrected chi connectivity index (χ2v) is 13.2. The number of aromatic nitrogens is 1. The van der Waals surface area contributed by atoms with Crippen LogP contribution in [0.3, 0.4) is 0 Å². The molecule has 52 heavy (non-hydrogen) atoms. The van der Waals surface area contributed by atoms with Crippen LogP contribution < -0.4 is 6.15 Å². The molecule has 1 heterocycles. The molecule has 0 saturated heterocycles. The van der Waals surface area contributed by atoms with E-state index in [0.29, 0.717) is 0 Å². The average molecular weight is 665 g/mol. The molecule has 3 N–H and O–H groups in total. The summed E-state index contributed by atoms with van der Waals surface area (Å²) < 4.78 is 2.47. The van der Waals surface area contributed by atoms with Crippen LogP contribution in [0.15, 0.2) is 200 Å². The van der Waals surface area contributed by atoms with Gasteiger partial charge in [0.25, 0.3) is 0 Å². The molecule has 9 aromatic carbocycles. The maximum Gasteiger partial charge on any atom is 0.0625 e. The van der Waals surface area contributed by atoms with Gasteiger partial charge < -0.3 is 10.7 Å². The number of para-hydroxylation sites is 1. The van der Waals surface area contributed by atoms with Crippen molar-refractivity contribution < 1.29 is 0 Å². The van der Waals surface area contributed by atoms with Gasteiger partial charge in [0.05, 0.1) is 11.0 Å². The predicted molar refractivity (Wildman–Crippen MR) is 223 cm³/mol. The zero-order chi connectivity index (χ0) is 33.7. The molecule has 0 saturated carbocycles. The summed E-state index contributed by atoms with van der Waals surface area (Å²) in [6.45, 7) is 0. The highest BCUT2D eigenvalue weighted by molar-refractivity contribution is 6.21. The molecule has 0 atom stereocenters. The van der Waals surface area contributed by atoms with Gasteiger partial charge in [-0.15, -0.1) is 0 Å². The normalized spacial score (nSPS) is 11.3. The molecule has 0 radical (unpaired) electrons. The largest absolute Gasteiger partial charge is 0.344 e. The lowest BCUT2D eigenvalue weighted by molar-refractivity contribution is 1.18. The molecule has 2 heteroatoms. The van der Waals surface area contributed by atoms with E-state index in [-0.39, 0.29) is 6.15 Å². The van der Waals surface area contributed by atoms with E-state index in [1.54, 1.807) is 0 Å². The Balaban J connectivity index is 0.00000360. The van der Waals surface area contributed by atoms with Gasteiger partial charge in [0, 0.05) is 22.0 Å². The number of hydrogen-bond acceptors (Lipinski definition) is 1. The fraction of sp³-hybridized carbons (Fsp3) is 0. The zero-order valence-corrected chi connectivity index (χ0v) is 28.7. The molecule has 10 rings (SSSR count). The van der Waals surface area contributed by atoms with E-state index in [1.165, 1.54) is 87.9 Å². The Kier molecular flexibility index (Phi) is 7.73. The minimum Gasteiger partial charge on any atom is -0.344 e. The summed E-state index contributed by atoms with van der Waals surface area (Å²) in [5.41, 5.74) is 13.5. The van der Waals surface area contributed by atoms with E-state index in [2.05, 4.69) is 205 Å². The summed E-state index contributed by atoms with van der Waals surface area (Å²) in [5, 5.41) is 7.57. The van der Waals surface area contributed by atoms with Gasteiger partial charge in [-0.3, -0.25) is 0 Å². The van der Waals surface area contributed by atoms with Crippen LogP contribution in [0.4, 0.5) is 0 Å². The third-order valence-corrected chi connectivity index (χ3v) is 10.4. The Morgan fingerprint density at radius 3 is 1.19 bits per heavy atom. The first-order valence-corrected chi connectivity index (χ1v) is 17.6. The quantitative estimate of drug-likeness (QED) is 0.183. The fourth-order valence-electron chi connectivity index (χ4n) is 8.21. The first-order chi connectivity index (χ1) is 25.3. The van der Waals surface area contributed by atoms with Crippen molar-refractivity contribution in [3.8, 4) is 50.2 Å². The lowest BCUT2D eigenvalue weighted by Gasteiger charge is -2.18. The minimum atomic E-state index is 0. The summed E-state index contributed by atoms with van der Waals surface area (Å²) in [6, 6.07) is 72.8. The van der Waals surface area contributed by atoms with Gasteiger partial charge in [-0.25, -0.2) is 0 Å². The molecule has 0 bridgehead atoms. The van der Waals surface area contributed by atoms with Crippen molar-refractivity contribution in [3.63, 3.8) is 0 Å². The lowest BCUT2D eigenvalue weighted by atomic mass is 9.86. The van der Waals surface area contributed by atoms with E-state index in [4.69, 9.17) is 0 Å². The van der Waals surface area contributed by atoms with Crippen LogP contribution in [0.2, 0.25) is 0 Å². The van der Waals surface area contributed by atoms with Crippen LogP contribution in [0.25, 0.3) is 93.5 Å². The SMILES string of the molecule is N.c1ccc(-c2ccc3c4ccccc4n(-c4ccc(-c5c6ccccc6c(-c6ccccc6)c6ccccc56)cc4)c3c2-c2ccccc2)cc1. The number of benzene rings is 9. The standard InChI is InChI=1S/C50H33N.H3N/c1-4-16-34(17-5-1)39-32-33-45-40-22-14-15-27-46(40)51(50(45)49(39)36-20-8-3-9-21-36)38-30-28-37(29-31-38)48-43-25-12-10-23-41(43)47(35-18-6-2-7-19-35)42-24-11-13-26-44(42)48;/h1-33H;1H3. The third-order valence-electron chi connectivity index (χ3n) is 10.4. The number of rotatable bonds is 5. The summed E-state index contributed by atoms with van der Waals surface area (Å²) in [4.78, 5) is 0. The van der Waals surface area contributed by atoms with Gasteiger partial charge in [0.2, 0.25) is 0 Å². The van der Waals surface area contributed by atoms with E-state index >= 15 is 0 Å².